The van der Waals surface area contributed by atoms with Crippen molar-refractivity contribution < 1.29 is 9.53 Å². The van der Waals surface area contributed by atoms with Crippen molar-refractivity contribution in [3.8, 4) is 17.0 Å². The summed E-state index contributed by atoms with van der Waals surface area (Å²) in [7, 11) is 2.13. The highest BCUT2D eigenvalue weighted by molar-refractivity contribution is 6.32. The lowest BCUT2D eigenvalue weighted by Gasteiger charge is -2.29. The van der Waals surface area contributed by atoms with E-state index in [1.165, 1.54) is 0 Å². The fraction of sp³-hybridized carbons (Fsp3) is 0.333. The van der Waals surface area contributed by atoms with Crippen molar-refractivity contribution in [3.05, 3.63) is 82.9 Å². The SMILES string of the molecule is CN1CCC(Oc2ccc(-c3n[nH]c4ccc(C(=O)NC(c5ccccc5)C5CC5)cc34)cc2Cl)CC1. The van der Waals surface area contributed by atoms with Crippen molar-refractivity contribution >= 4 is 28.4 Å². The summed E-state index contributed by atoms with van der Waals surface area (Å²) in [6, 6.07) is 21.7. The number of halogens is 1. The second kappa shape index (κ2) is 10.2. The number of ether oxygens (including phenoxy) is 1. The molecule has 3 aromatic carbocycles. The number of carbonyl (C=O) groups excluding carboxylic acids is 1. The van der Waals surface area contributed by atoms with Gasteiger partial charge in [0.25, 0.3) is 5.91 Å². The fourth-order valence-corrected chi connectivity index (χ4v) is 5.41. The predicted octanol–water partition coefficient (Wildman–Crippen LogP) is 6.24. The molecule has 7 heteroatoms. The van der Waals surface area contributed by atoms with Gasteiger partial charge in [-0.1, -0.05) is 41.9 Å². The van der Waals surface area contributed by atoms with Gasteiger partial charge in [0.2, 0.25) is 0 Å². The molecule has 1 saturated carbocycles. The summed E-state index contributed by atoms with van der Waals surface area (Å²) in [5, 5.41) is 12.4. The van der Waals surface area contributed by atoms with Crippen molar-refractivity contribution in [1.29, 1.82) is 0 Å². The van der Waals surface area contributed by atoms with Gasteiger partial charge in [0.15, 0.2) is 0 Å². The summed E-state index contributed by atoms with van der Waals surface area (Å²) in [6.07, 6.45) is 4.46. The third kappa shape index (κ3) is 5.22. The van der Waals surface area contributed by atoms with Gasteiger partial charge in [-0.25, -0.2) is 0 Å². The van der Waals surface area contributed by atoms with Crippen LogP contribution in [0, 0.1) is 5.92 Å². The Kier molecular flexibility index (Phi) is 6.61. The van der Waals surface area contributed by atoms with Crippen LogP contribution in [0.2, 0.25) is 5.02 Å². The van der Waals surface area contributed by atoms with E-state index in [1.807, 2.05) is 54.6 Å². The largest absolute Gasteiger partial charge is 0.489 e. The van der Waals surface area contributed by atoms with E-state index in [0.29, 0.717) is 22.3 Å². The lowest BCUT2D eigenvalue weighted by molar-refractivity contribution is 0.0932. The van der Waals surface area contributed by atoms with Crippen molar-refractivity contribution in [1.82, 2.24) is 20.4 Å². The highest BCUT2D eigenvalue weighted by atomic mass is 35.5. The zero-order valence-electron chi connectivity index (χ0n) is 20.9. The molecule has 1 amide bonds. The van der Waals surface area contributed by atoms with Crippen molar-refractivity contribution in [2.24, 2.45) is 5.92 Å². The van der Waals surface area contributed by atoms with Crippen molar-refractivity contribution in [3.63, 3.8) is 0 Å². The summed E-state index contributed by atoms with van der Waals surface area (Å²) in [5.74, 6) is 1.12. The molecule has 1 unspecified atom stereocenters. The van der Waals surface area contributed by atoms with E-state index in [9.17, 15) is 4.79 Å². The van der Waals surface area contributed by atoms with Gasteiger partial charge in [-0.3, -0.25) is 9.89 Å². The molecule has 6 rings (SSSR count). The molecule has 4 aromatic rings. The summed E-state index contributed by atoms with van der Waals surface area (Å²) in [6.45, 7) is 2.06. The van der Waals surface area contributed by atoms with E-state index in [-0.39, 0.29) is 18.1 Å². The van der Waals surface area contributed by atoms with Crippen LogP contribution in [0.25, 0.3) is 22.2 Å². The molecule has 1 aliphatic heterocycles. The number of fused-ring (bicyclic) bond motifs is 1. The average Bonchev–Trinajstić information content (AvgIpc) is 3.68. The monoisotopic (exact) mass is 514 g/mol. The summed E-state index contributed by atoms with van der Waals surface area (Å²) >= 11 is 6.64. The van der Waals surface area contributed by atoms with Gasteiger partial charge in [-0.2, -0.15) is 5.10 Å². The van der Waals surface area contributed by atoms with Gasteiger partial charge < -0.3 is 15.0 Å². The first-order chi connectivity index (χ1) is 18.0. The van der Waals surface area contributed by atoms with Crippen LogP contribution in [0.1, 0.15) is 47.6 Å². The molecule has 0 bridgehead atoms. The minimum absolute atomic E-state index is 0.0316. The molecule has 190 valence electrons. The number of nitrogens with one attached hydrogen (secondary N) is 2. The van der Waals surface area contributed by atoms with Crippen LogP contribution in [-0.4, -0.2) is 47.2 Å². The highest BCUT2D eigenvalue weighted by Gasteiger charge is 2.33. The summed E-state index contributed by atoms with van der Waals surface area (Å²) in [4.78, 5) is 15.6. The average molecular weight is 515 g/mol. The number of carbonyl (C=O) groups is 1. The predicted molar refractivity (Wildman–Crippen MR) is 147 cm³/mol. The minimum atomic E-state index is -0.0743. The zero-order chi connectivity index (χ0) is 25.4. The van der Waals surface area contributed by atoms with E-state index in [1.54, 1.807) is 0 Å². The Balaban J connectivity index is 1.23. The van der Waals surface area contributed by atoms with Crippen LogP contribution in [0.4, 0.5) is 0 Å². The van der Waals surface area contributed by atoms with Crippen LogP contribution in [-0.2, 0) is 0 Å². The maximum Gasteiger partial charge on any atom is 0.251 e. The van der Waals surface area contributed by atoms with Crippen molar-refractivity contribution in [2.75, 3.05) is 20.1 Å². The molecule has 2 fully saturated rings. The number of hydrogen-bond acceptors (Lipinski definition) is 4. The molecule has 1 aromatic heterocycles. The number of likely N-dealkylation sites (tertiary alicyclic amines) is 1. The van der Waals surface area contributed by atoms with Crippen molar-refractivity contribution in [2.45, 2.75) is 37.8 Å². The molecule has 1 saturated heterocycles. The van der Waals surface area contributed by atoms with Gasteiger partial charge in [0, 0.05) is 29.6 Å². The molecule has 2 heterocycles. The number of nitrogens with zero attached hydrogens (tertiary/aromatic N) is 2. The number of aromatic amines is 1. The molecule has 1 atom stereocenters. The van der Waals surface area contributed by atoms with E-state index in [4.69, 9.17) is 16.3 Å². The number of piperidine rings is 1. The number of aromatic nitrogens is 2. The molecule has 2 N–H and O–H groups in total. The number of H-pyrrole nitrogens is 1. The van der Waals surface area contributed by atoms with Gasteiger partial charge in [-0.05, 0) is 80.6 Å². The second-order valence-electron chi connectivity index (χ2n) is 10.3. The zero-order valence-corrected chi connectivity index (χ0v) is 21.7. The third-order valence-corrected chi connectivity index (χ3v) is 7.82. The second-order valence-corrected chi connectivity index (χ2v) is 10.7. The summed E-state index contributed by atoms with van der Waals surface area (Å²) < 4.78 is 6.20. The van der Waals surface area contributed by atoms with Gasteiger partial charge in [0.05, 0.1) is 22.3 Å². The first-order valence-electron chi connectivity index (χ1n) is 13.0. The number of rotatable bonds is 7. The van der Waals surface area contributed by atoms with Gasteiger partial charge in [-0.15, -0.1) is 0 Å². The molecular formula is C30H31ClN4O2. The standard InChI is InChI=1S/C30H31ClN4O2/c1-35-15-13-23(14-16-35)37-27-12-10-21(18-25(27)31)29-24-17-22(9-11-26(24)33-34-29)30(36)32-28(20-7-8-20)19-5-3-2-4-6-19/h2-6,9-12,17-18,20,23,28H,7-8,13-16H2,1H3,(H,32,36)(H,33,34). The van der Waals surface area contributed by atoms with E-state index in [2.05, 4.69) is 39.6 Å². The Bertz CT molecular complexity index is 1410. The van der Waals surface area contributed by atoms with Crippen LogP contribution in [0.3, 0.4) is 0 Å². The topological polar surface area (TPSA) is 70.2 Å². The normalized spacial score (nSPS) is 17.6. The lowest BCUT2D eigenvalue weighted by Crippen LogP contribution is -2.35. The molecular weight excluding hydrogens is 484 g/mol. The summed E-state index contributed by atoms with van der Waals surface area (Å²) in [5.41, 5.74) is 4.28. The molecule has 0 radical (unpaired) electrons. The quantitative estimate of drug-likeness (QED) is 0.306. The van der Waals surface area contributed by atoms with Crippen LogP contribution < -0.4 is 10.1 Å². The number of hydrogen-bond donors (Lipinski definition) is 2. The Morgan fingerprint density at radius 1 is 1.05 bits per heavy atom. The smallest absolute Gasteiger partial charge is 0.251 e. The fourth-order valence-electron chi connectivity index (χ4n) is 5.19. The Labute approximate surface area is 222 Å². The van der Waals surface area contributed by atoms with E-state index < -0.39 is 0 Å². The lowest BCUT2D eigenvalue weighted by atomic mass is 10.0. The van der Waals surface area contributed by atoms with Crippen LogP contribution in [0.15, 0.2) is 66.7 Å². The highest BCUT2D eigenvalue weighted by Crippen LogP contribution is 2.41. The van der Waals surface area contributed by atoms with E-state index >= 15 is 0 Å². The van der Waals surface area contributed by atoms with Gasteiger partial charge in [0.1, 0.15) is 11.9 Å². The maximum absolute atomic E-state index is 13.3. The maximum atomic E-state index is 13.3. The number of benzene rings is 3. The molecule has 37 heavy (non-hydrogen) atoms. The molecule has 6 nitrogen and oxygen atoms in total. The minimum Gasteiger partial charge on any atom is -0.489 e. The van der Waals surface area contributed by atoms with Crippen LogP contribution >= 0.6 is 11.6 Å². The Hall–Kier alpha value is -3.35. The first kappa shape index (κ1) is 24.0. The van der Waals surface area contributed by atoms with Crippen LogP contribution in [0.5, 0.6) is 5.75 Å². The molecule has 2 aliphatic rings. The third-order valence-electron chi connectivity index (χ3n) is 7.53. The van der Waals surface area contributed by atoms with Gasteiger partial charge >= 0.3 is 0 Å². The molecule has 1 aliphatic carbocycles. The molecule has 0 spiro atoms. The Morgan fingerprint density at radius 2 is 1.84 bits per heavy atom. The Morgan fingerprint density at radius 3 is 2.57 bits per heavy atom. The number of amides is 1. The first-order valence-corrected chi connectivity index (χ1v) is 13.4. The van der Waals surface area contributed by atoms with E-state index in [0.717, 1.165) is 66.5 Å².